The molecule has 0 radical (unpaired) electrons. The molecule has 3 aromatic carbocycles. The average molecular weight is 524 g/mol. The van der Waals surface area contributed by atoms with Crippen molar-refractivity contribution in [2.75, 3.05) is 0 Å². The first-order valence-corrected chi connectivity index (χ1v) is 14.9. The minimum atomic E-state index is -1.89. The number of hydrogen-bond donors (Lipinski definition) is 0. The summed E-state index contributed by atoms with van der Waals surface area (Å²) in [5.74, 6) is 1.85. The first-order chi connectivity index (χ1) is 14.9. The van der Waals surface area contributed by atoms with Gasteiger partial charge in [-0.1, -0.05) is 0 Å². The topological polar surface area (TPSA) is 18.5 Å². The molecular formula is C28H37ClCrO2P. The molecule has 33 heavy (non-hydrogen) atoms. The Bertz CT molecular complexity index is 990. The van der Waals surface area contributed by atoms with Crippen LogP contribution >= 0.6 is 19.6 Å². The Labute approximate surface area is 213 Å². The van der Waals surface area contributed by atoms with Crippen LogP contribution in [0.3, 0.4) is 0 Å². The summed E-state index contributed by atoms with van der Waals surface area (Å²) >= 11 is -1.89. The average Bonchev–Trinajstić information content (AvgIpc) is 2.70. The molecule has 2 nitrogen and oxygen atoms in total. The Morgan fingerprint density at radius 1 is 0.636 bits per heavy atom. The summed E-state index contributed by atoms with van der Waals surface area (Å²) in [5.41, 5.74) is 5.19. The van der Waals surface area contributed by atoms with E-state index >= 15 is 0 Å². The van der Waals surface area contributed by atoms with Crippen molar-refractivity contribution in [2.24, 2.45) is 0 Å². The van der Waals surface area contributed by atoms with Crippen LogP contribution in [0.25, 0.3) is 0 Å². The van der Waals surface area contributed by atoms with Gasteiger partial charge in [-0.2, -0.15) is 0 Å². The van der Waals surface area contributed by atoms with Gasteiger partial charge in [0.15, 0.2) is 0 Å². The number of benzene rings is 3. The smallest absolute Gasteiger partial charge is 0.147 e. The first kappa shape index (κ1) is 27.8. The maximum atomic E-state index is 6.59. The second-order valence-corrected chi connectivity index (χ2v) is 14.7. The third-order valence-electron chi connectivity index (χ3n) is 5.39. The van der Waals surface area contributed by atoms with Gasteiger partial charge in [-0.3, -0.25) is 0 Å². The summed E-state index contributed by atoms with van der Waals surface area (Å²) in [7, 11) is 0.493. The summed E-state index contributed by atoms with van der Waals surface area (Å²) in [6.45, 7) is 17.7. The normalized spacial score (nSPS) is 12.2. The Hall–Kier alpha value is -1.49. The van der Waals surface area contributed by atoms with Gasteiger partial charge >= 0.3 is 201 Å². The van der Waals surface area contributed by atoms with Gasteiger partial charge in [0.2, 0.25) is 0 Å². The minimum absolute atomic E-state index is 0. The molecule has 3 rings (SSSR count). The van der Waals surface area contributed by atoms with Crippen LogP contribution in [0.1, 0.15) is 63.8 Å². The Balaban J connectivity index is 0.00000385. The van der Waals surface area contributed by atoms with E-state index in [1.807, 2.05) is 0 Å². The van der Waals surface area contributed by atoms with E-state index in [-0.39, 0.29) is 23.2 Å². The molecule has 0 heterocycles. The summed E-state index contributed by atoms with van der Waals surface area (Å²) in [4.78, 5) is 0. The van der Waals surface area contributed by atoms with Gasteiger partial charge in [0.25, 0.3) is 0 Å². The molecule has 0 aliphatic heterocycles. The molecule has 0 aliphatic rings. The summed E-state index contributed by atoms with van der Waals surface area (Å²) in [5, 5.41) is 1.27. The zero-order chi connectivity index (χ0) is 23.5. The van der Waals surface area contributed by atoms with Crippen molar-refractivity contribution in [1.29, 1.82) is 0 Å². The predicted octanol–water partition coefficient (Wildman–Crippen LogP) is 8.15. The van der Waals surface area contributed by atoms with Gasteiger partial charge in [-0.25, -0.2) is 0 Å². The van der Waals surface area contributed by atoms with Crippen molar-refractivity contribution in [1.82, 2.24) is 0 Å². The van der Waals surface area contributed by atoms with E-state index in [4.69, 9.17) is 7.58 Å². The molecule has 0 saturated heterocycles. The van der Waals surface area contributed by atoms with E-state index in [0.717, 1.165) is 22.6 Å². The Morgan fingerprint density at radius 3 is 1.42 bits per heavy atom. The fourth-order valence-electron chi connectivity index (χ4n) is 3.24. The quantitative estimate of drug-likeness (QED) is 0.303. The molecule has 0 fully saturated rings. The fourth-order valence-corrected chi connectivity index (χ4v) is 7.66. The second-order valence-electron chi connectivity index (χ2n) is 10.3. The van der Waals surface area contributed by atoms with E-state index in [0.29, 0.717) is 7.23 Å². The first-order valence-electron chi connectivity index (χ1n) is 11.1. The molecule has 5 heteroatoms. The van der Waals surface area contributed by atoms with E-state index < -0.39 is 14.4 Å². The molecule has 0 spiro atoms. The van der Waals surface area contributed by atoms with E-state index in [2.05, 4.69) is 122 Å². The summed E-state index contributed by atoms with van der Waals surface area (Å²) in [6.07, 6.45) is 0. The maximum absolute atomic E-state index is 6.59. The van der Waals surface area contributed by atoms with Gasteiger partial charge in [0, 0.05) is 0 Å². The molecule has 3 aromatic rings. The van der Waals surface area contributed by atoms with Crippen LogP contribution in [-0.4, -0.2) is 0 Å². The molecule has 0 aromatic heterocycles. The van der Waals surface area contributed by atoms with Gasteiger partial charge in [0.1, 0.15) is 0 Å². The molecule has 1 unspecified atom stereocenters. The van der Waals surface area contributed by atoms with Gasteiger partial charge in [-0.15, -0.1) is 12.4 Å². The third kappa shape index (κ3) is 7.77. The molecule has 179 valence electrons. The van der Waals surface area contributed by atoms with Crippen molar-refractivity contribution in [3.63, 3.8) is 0 Å². The van der Waals surface area contributed by atoms with Crippen LogP contribution in [0.4, 0.5) is 0 Å². The molecule has 0 N–H and O–H groups in total. The molecule has 0 amide bonds. The third-order valence-corrected chi connectivity index (χ3v) is 9.73. The molecule has 1 atom stereocenters. The zero-order valence-electron chi connectivity index (χ0n) is 21.0. The SMILES string of the molecule is Cc1cc(C(C)(C)C)ccc1[O][Cr]([O]c1ccc(C(C)(C)C)cc1C)[PH]c1ccccc1.Cl. The Kier molecular flexibility index (Phi) is 9.50. The van der Waals surface area contributed by atoms with Crippen LogP contribution in [0, 0.1) is 13.8 Å². The van der Waals surface area contributed by atoms with Crippen molar-refractivity contribution < 1.29 is 21.9 Å². The van der Waals surface area contributed by atoms with Crippen molar-refractivity contribution in [2.45, 2.75) is 66.2 Å². The maximum Gasteiger partial charge on any atom is -0.147 e. The summed E-state index contributed by atoms with van der Waals surface area (Å²) in [6, 6.07) is 23.6. The van der Waals surface area contributed by atoms with Crippen molar-refractivity contribution >= 4 is 24.9 Å². The van der Waals surface area contributed by atoms with Crippen LogP contribution in [0.2, 0.25) is 0 Å². The number of halogens is 1. The van der Waals surface area contributed by atoms with Gasteiger partial charge in [0.05, 0.1) is 0 Å². The van der Waals surface area contributed by atoms with Crippen LogP contribution in [0.5, 0.6) is 11.5 Å². The molecule has 0 saturated carbocycles. The standard InChI is InChI=1S/2C11H16O.C6H6P.ClH.Cr/c2*1-8-7-9(11(2,3)4)5-6-10(8)12;7-6-4-2-1-3-5-6;;/h2*5-7,12H,1-4H3;1-5,7H;1H;/q;;-1;;+3/p-2. The van der Waals surface area contributed by atoms with Crippen molar-refractivity contribution in [3.05, 3.63) is 89.0 Å². The van der Waals surface area contributed by atoms with E-state index in [1.54, 1.807) is 0 Å². The Morgan fingerprint density at radius 2 is 1.06 bits per heavy atom. The van der Waals surface area contributed by atoms with Crippen molar-refractivity contribution in [3.8, 4) is 11.5 Å². The largest absolute Gasteiger partial charge is 0.147 e. The van der Waals surface area contributed by atoms with Crippen LogP contribution in [-0.2, 0) is 25.2 Å². The number of hydrogen-bond acceptors (Lipinski definition) is 2. The molecular weight excluding hydrogens is 487 g/mol. The van der Waals surface area contributed by atoms with Gasteiger partial charge in [-0.05, 0) is 0 Å². The number of aryl methyl sites for hydroxylation is 2. The fraction of sp³-hybridized carbons (Fsp3) is 0.357. The van der Waals surface area contributed by atoms with Gasteiger partial charge < -0.3 is 0 Å². The monoisotopic (exact) mass is 523 g/mol. The van der Waals surface area contributed by atoms with Crippen LogP contribution in [0.15, 0.2) is 66.7 Å². The zero-order valence-corrected chi connectivity index (χ0v) is 24.1. The summed E-state index contributed by atoms with van der Waals surface area (Å²) < 4.78 is 13.2. The van der Waals surface area contributed by atoms with E-state index in [9.17, 15) is 0 Å². The van der Waals surface area contributed by atoms with Crippen LogP contribution < -0.4 is 12.9 Å². The second kappa shape index (κ2) is 11.3. The molecule has 0 aliphatic carbocycles. The number of rotatable bonds is 6. The minimum Gasteiger partial charge on any atom is -0.147 e. The predicted molar refractivity (Wildman–Crippen MR) is 143 cm³/mol. The molecule has 0 bridgehead atoms. The van der Waals surface area contributed by atoms with E-state index in [1.165, 1.54) is 16.4 Å².